The van der Waals surface area contributed by atoms with Crippen molar-refractivity contribution in [2.75, 3.05) is 0 Å². The van der Waals surface area contributed by atoms with Crippen LogP contribution in [0.15, 0.2) is 24.3 Å². The van der Waals surface area contributed by atoms with Crippen LogP contribution in [0.2, 0.25) is 0 Å². The van der Waals surface area contributed by atoms with Gasteiger partial charge in [-0.05, 0) is 53.6 Å². The Kier molecular flexibility index (Phi) is 2.14. The lowest BCUT2D eigenvalue weighted by Crippen LogP contribution is -2.31. The van der Waals surface area contributed by atoms with Crippen LogP contribution in [0.5, 0.6) is 5.75 Å². The van der Waals surface area contributed by atoms with Gasteiger partial charge in [-0.3, -0.25) is 0 Å². The molecular formula is C16H22O. The van der Waals surface area contributed by atoms with E-state index in [-0.39, 0.29) is 0 Å². The fourth-order valence-electron chi connectivity index (χ4n) is 4.46. The molecule has 3 atom stereocenters. The number of hydrogen-bond donors (Lipinski definition) is 1. The molecule has 0 unspecified atom stereocenters. The largest absolute Gasteiger partial charge is 0.508 e. The van der Waals surface area contributed by atoms with Gasteiger partial charge in [0.2, 0.25) is 0 Å². The number of phenolic OH excluding ortho intramolecular Hbond substituents is 1. The van der Waals surface area contributed by atoms with E-state index in [1.165, 1.54) is 24.8 Å². The van der Waals surface area contributed by atoms with Crippen LogP contribution in [-0.4, -0.2) is 5.11 Å². The number of phenols is 1. The third-order valence-corrected chi connectivity index (χ3v) is 6.11. The molecule has 2 fully saturated rings. The highest BCUT2D eigenvalue weighted by atomic mass is 16.3. The minimum Gasteiger partial charge on any atom is -0.508 e. The molecule has 17 heavy (non-hydrogen) atoms. The highest BCUT2D eigenvalue weighted by Crippen LogP contribution is 2.71. The molecule has 1 nitrogen and oxygen atoms in total. The molecule has 92 valence electrons. The summed E-state index contributed by atoms with van der Waals surface area (Å²) in [6, 6.07) is 7.91. The van der Waals surface area contributed by atoms with E-state index >= 15 is 0 Å². The summed E-state index contributed by atoms with van der Waals surface area (Å²) >= 11 is 0. The van der Waals surface area contributed by atoms with Crippen molar-refractivity contribution < 1.29 is 5.11 Å². The average molecular weight is 230 g/mol. The molecule has 0 aliphatic heterocycles. The zero-order chi connectivity index (χ0) is 12.3. The molecule has 2 bridgehead atoms. The Labute approximate surface area is 104 Å². The molecule has 2 saturated carbocycles. The van der Waals surface area contributed by atoms with Crippen LogP contribution in [0.3, 0.4) is 0 Å². The van der Waals surface area contributed by atoms with Crippen molar-refractivity contribution in [2.24, 2.45) is 16.7 Å². The molecule has 0 aromatic heterocycles. The molecule has 2 aliphatic carbocycles. The van der Waals surface area contributed by atoms with Crippen molar-refractivity contribution >= 4 is 0 Å². The van der Waals surface area contributed by atoms with Gasteiger partial charge < -0.3 is 5.11 Å². The summed E-state index contributed by atoms with van der Waals surface area (Å²) in [5, 5.41) is 10.1. The van der Waals surface area contributed by atoms with Crippen LogP contribution in [0.1, 0.15) is 51.5 Å². The van der Waals surface area contributed by atoms with E-state index in [4.69, 9.17) is 0 Å². The summed E-state index contributed by atoms with van der Waals surface area (Å²) in [6.07, 6.45) is 3.93. The van der Waals surface area contributed by atoms with E-state index < -0.39 is 0 Å². The average Bonchev–Trinajstić information content (AvgIpc) is 2.62. The van der Waals surface area contributed by atoms with Gasteiger partial charge in [-0.15, -0.1) is 0 Å². The zero-order valence-electron chi connectivity index (χ0n) is 11.0. The second kappa shape index (κ2) is 3.28. The molecule has 3 rings (SSSR count). The fraction of sp³-hybridized carbons (Fsp3) is 0.625. The molecule has 0 radical (unpaired) electrons. The molecule has 1 aromatic rings. The Hall–Kier alpha value is -0.980. The second-order valence-corrected chi connectivity index (χ2v) is 6.72. The summed E-state index contributed by atoms with van der Waals surface area (Å²) in [7, 11) is 0. The first kappa shape index (κ1) is 11.1. The summed E-state index contributed by atoms with van der Waals surface area (Å²) in [5.74, 6) is 1.86. The molecule has 0 spiro atoms. The van der Waals surface area contributed by atoms with Crippen molar-refractivity contribution in [1.82, 2.24) is 0 Å². The number of fused-ring (bicyclic) bond motifs is 2. The Balaban J connectivity index is 2.06. The van der Waals surface area contributed by atoms with Gasteiger partial charge in [0.25, 0.3) is 0 Å². The van der Waals surface area contributed by atoms with E-state index in [0.717, 1.165) is 5.92 Å². The SMILES string of the molecule is CC1(C)[C@H]2CC[C@@]1(C)[C@@H](c1ccccc1O)C2. The van der Waals surface area contributed by atoms with Crippen molar-refractivity contribution in [1.29, 1.82) is 0 Å². The van der Waals surface area contributed by atoms with Gasteiger partial charge in [0.1, 0.15) is 5.75 Å². The second-order valence-electron chi connectivity index (χ2n) is 6.72. The first-order valence-electron chi connectivity index (χ1n) is 6.75. The Morgan fingerprint density at radius 1 is 1.18 bits per heavy atom. The summed E-state index contributed by atoms with van der Waals surface area (Å²) < 4.78 is 0. The molecule has 0 amide bonds. The van der Waals surface area contributed by atoms with Gasteiger partial charge in [0, 0.05) is 0 Å². The highest BCUT2D eigenvalue weighted by molar-refractivity contribution is 5.38. The Morgan fingerprint density at radius 3 is 2.41 bits per heavy atom. The predicted octanol–water partition coefficient (Wildman–Crippen LogP) is 4.32. The van der Waals surface area contributed by atoms with E-state index in [1.54, 1.807) is 0 Å². The van der Waals surface area contributed by atoms with Crippen LogP contribution in [0, 0.1) is 16.7 Å². The first-order chi connectivity index (χ1) is 7.97. The number of para-hydroxylation sites is 1. The number of benzene rings is 1. The van der Waals surface area contributed by atoms with Crippen LogP contribution in [-0.2, 0) is 0 Å². The monoisotopic (exact) mass is 230 g/mol. The van der Waals surface area contributed by atoms with Crippen molar-refractivity contribution in [3.8, 4) is 5.75 Å². The van der Waals surface area contributed by atoms with Crippen molar-refractivity contribution in [3.05, 3.63) is 29.8 Å². The van der Waals surface area contributed by atoms with Crippen LogP contribution in [0.4, 0.5) is 0 Å². The predicted molar refractivity (Wildman–Crippen MR) is 70.1 cm³/mol. The molecule has 0 saturated heterocycles. The highest BCUT2D eigenvalue weighted by Gasteiger charge is 2.61. The topological polar surface area (TPSA) is 20.2 Å². The zero-order valence-corrected chi connectivity index (χ0v) is 11.0. The standard InChI is InChI=1S/C16H22O/c1-15(2)11-8-9-16(15,3)13(10-11)12-6-4-5-7-14(12)17/h4-7,11,13,17H,8-10H2,1-3H3/t11-,13+,16-/m0/s1. The van der Waals surface area contributed by atoms with Crippen LogP contribution >= 0.6 is 0 Å². The van der Waals surface area contributed by atoms with Gasteiger partial charge in [-0.1, -0.05) is 39.0 Å². The fourth-order valence-corrected chi connectivity index (χ4v) is 4.46. The minimum absolute atomic E-state index is 0.358. The molecule has 1 aromatic carbocycles. The normalized spacial score (nSPS) is 38.5. The van der Waals surface area contributed by atoms with E-state index in [9.17, 15) is 5.11 Å². The summed E-state index contributed by atoms with van der Waals surface area (Å²) in [4.78, 5) is 0. The smallest absolute Gasteiger partial charge is 0.119 e. The molecule has 1 N–H and O–H groups in total. The minimum atomic E-state index is 0.358. The lowest BCUT2D eigenvalue weighted by Gasteiger charge is -2.39. The number of hydrogen-bond acceptors (Lipinski definition) is 1. The molecule has 2 aliphatic rings. The number of aromatic hydroxyl groups is 1. The van der Waals surface area contributed by atoms with Gasteiger partial charge in [-0.25, -0.2) is 0 Å². The van der Waals surface area contributed by atoms with E-state index in [0.29, 0.717) is 22.5 Å². The van der Waals surface area contributed by atoms with Crippen LogP contribution < -0.4 is 0 Å². The van der Waals surface area contributed by atoms with Crippen molar-refractivity contribution in [3.63, 3.8) is 0 Å². The first-order valence-corrected chi connectivity index (χ1v) is 6.75. The van der Waals surface area contributed by atoms with Crippen LogP contribution in [0.25, 0.3) is 0 Å². The summed E-state index contributed by atoms with van der Waals surface area (Å²) in [5.41, 5.74) is 1.95. The van der Waals surface area contributed by atoms with Gasteiger partial charge in [0.15, 0.2) is 0 Å². The molecule has 1 heteroatoms. The lowest BCUT2D eigenvalue weighted by atomic mass is 9.65. The Morgan fingerprint density at radius 2 is 1.88 bits per heavy atom. The Bertz CT molecular complexity index is 449. The van der Waals surface area contributed by atoms with Crippen molar-refractivity contribution in [2.45, 2.75) is 46.0 Å². The van der Waals surface area contributed by atoms with Gasteiger partial charge in [0.05, 0.1) is 0 Å². The van der Waals surface area contributed by atoms with E-state index in [2.05, 4.69) is 32.9 Å². The quantitative estimate of drug-likeness (QED) is 0.761. The molecular weight excluding hydrogens is 208 g/mol. The maximum absolute atomic E-state index is 10.1. The lowest BCUT2D eigenvalue weighted by molar-refractivity contribution is 0.133. The third-order valence-electron chi connectivity index (χ3n) is 6.11. The third kappa shape index (κ3) is 1.26. The van der Waals surface area contributed by atoms with Gasteiger partial charge >= 0.3 is 0 Å². The maximum Gasteiger partial charge on any atom is 0.119 e. The van der Waals surface area contributed by atoms with E-state index in [1.807, 2.05) is 12.1 Å². The molecule has 0 heterocycles. The summed E-state index contributed by atoms with van der Waals surface area (Å²) in [6.45, 7) is 7.27. The number of rotatable bonds is 1. The maximum atomic E-state index is 10.1. The van der Waals surface area contributed by atoms with Gasteiger partial charge in [-0.2, -0.15) is 0 Å².